The van der Waals surface area contributed by atoms with Crippen LogP contribution in [0.1, 0.15) is 26.2 Å². The summed E-state index contributed by atoms with van der Waals surface area (Å²) in [6.45, 7) is 5.25. The van der Waals surface area contributed by atoms with Crippen LogP contribution in [0.15, 0.2) is 29.3 Å². The van der Waals surface area contributed by atoms with Crippen LogP contribution in [0.5, 0.6) is 5.75 Å². The van der Waals surface area contributed by atoms with Crippen molar-refractivity contribution in [1.82, 2.24) is 10.6 Å². The van der Waals surface area contributed by atoms with Gasteiger partial charge in [-0.2, -0.15) is 0 Å². The summed E-state index contributed by atoms with van der Waals surface area (Å²) in [7, 11) is 1.71. The van der Waals surface area contributed by atoms with Crippen LogP contribution >= 0.6 is 24.0 Å². The number of hydrogen-bond donors (Lipinski definition) is 2. The summed E-state index contributed by atoms with van der Waals surface area (Å²) in [6.07, 6.45) is 3.05. The van der Waals surface area contributed by atoms with Crippen LogP contribution < -0.4 is 15.4 Å². The maximum Gasteiger partial charge on any atom is 0.191 e. The van der Waals surface area contributed by atoms with Crippen LogP contribution in [0, 0.1) is 5.82 Å². The van der Waals surface area contributed by atoms with Gasteiger partial charge < -0.3 is 24.8 Å². The Balaban J connectivity index is 0.00000364. The lowest BCUT2D eigenvalue weighted by atomic mass is 10.2. The summed E-state index contributed by atoms with van der Waals surface area (Å²) in [5.74, 6) is 0.588. The van der Waals surface area contributed by atoms with E-state index in [1.165, 1.54) is 6.07 Å². The number of nitrogens with zero attached hydrogens (tertiary/aromatic N) is 1. The van der Waals surface area contributed by atoms with Gasteiger partial charge >= 0.3 is 0 Å². The second kappa shape index (κ2) is 14.0. The van der Waals surface area contributed by atoms with Crippen molar-refractivity contribution in [3.8, 4) is 5.75 Å². The topological polar surface area (TPSA) is 64.1 Å². The zero-order valence-electron chi connectivity index (χ0n) is 16.1. The van der Waals surface area contributed by atoms with Crippen molar-refractivity contribution in [2.24, 2.45) is 4.99 Å². The third-order valence-electron chi connectivity index (χ3n) is 4.17. The standard InChI is InChI=1S/C19H30FN3O3.HI/c1-3-15(26-18-9-5-4-8-17(18)20)13-23-19(21-2)22-10-12-24-14-16-7-6-11-25-16;/h4-5,8-9,15-16H,3,6-7,10-14H2,1-2H3,(H2,21,22,23);1H. The first-order valence-electron chi connectivity index (χ1n) is 9.28. The molecule has 1 aromatic rings. The van der Waals surface area contributed by atoms with Crippen LogP contribution in [0.4, 0.5) is 4.39 Å². The molecule has 1 heterocycles. The number of guanidine groups is 1. The molecule has 1 aromatic carbocycles. The molecule has 2 rings (SSSR count). The highest BCUT2D eigenvalue weighted by Crippen LogP contribution is 2.17. The number of aliphatic imine (C=N–C) groups is 1. The molecule has 0 bridgehead atoms. The minimum atomic E-state index is -0.350. The number of nitrogens with one attached hydrogen (secondary N) is 2. The third kappa shape index (κ3) is 9.07. The van der Waals surface area contributed by atoms with E-state index in [0.29, 0.717) is 32.3 Å². The minimum absolute atomic E-state index is 0. The Labute approximate surface area is 178 Å². The molecule has 8 heteroatoms. The van der Waals surface area contributed by atoms with E-state index < -0.39 is 0 Å². The van der Waals surface area contributed by atoms with Crippen molar-refractivity contribution < 1.29 is 18.6 Å². The van der Waals surface area contributed by atoms with Gasteiger partial charge in [0, 0.05) is 20.2 Å². The Kier molecular flexibility index (Phi) is 12.4. The largest absolute Gasteiger partial charge is 0.486 e. The van der Waals surface area contributed by atoms with E-state index in [-0.39, 0.29) is 47.8 Å². The lowest BCUT2D eigenvalue weighted by Gasteiger charge is -2.20. The fourth-order valence-electron chi connectivity index (χ4n) is 2.65. The number of ether oxygens (including phenoxy) is 3. The Bertz CT molecular complexity index is 557. The zero-order chi connectivity index (χ0) is 18.6. The summed E-state index contributed by atoms with van der Waals surface area (Å²) in [4.78, 5) is 4.18. The summed E-state index contributed by atoms with van der Waals surface area (Å²) >= 11 is 0. The maximum atomic E-state index is 13.7. The van der Waals surface area contributed by atoms with Crippen LogP contribution in [-0.4, -0.2) is 58.1 Å². The predicted molar refractivity (Wildman–Crippen MR) is 116 cm³/mol. The SMILES string of the molecule is CCC(CNC(=NC)NCCOCC1CCCO1)Oc1ccccc1F.I. The molecule has 0 spiro atoms. The molecule has 2 N–H and O–H groups in total. The van der Waals surface area contributed by atoms with Crippen LogP contribution in [-0.2, 0) is 9.47 Å². The fraction of sp³-hybridized carbons (Fsp3) is 0.632. The molecule has 1 fully saturated rings. The van der Waals surface area contributed by atoms with Crippen molar-refractivity contribution in [2.75, 3.05) is 40.0 Å². The minimum Gasteiger partial charge on any atom is -0.486 e. The van der Waals surface area contributed by atoms with E-state index in [4.69, 9.17) is 14.2 Å². The third-order valence-corrected chi connectivity index (χ3v) is 4.17. The van der Waals surface area contributed by atoms with Gasteiger partial charge in [-0.05, 0) is 31.4 Å². The van der Waals surface area contributed by atoms with Gasteiger partial charge in [0.15, 0.2) is 17.5 Å². The molecule has 2 atom stereocenters. The maximum absolute atomic E-state index is 13.7. The first-order chi connectivity index (χ1) is 12.7. The van der Waals surface area contributed by atoms with Gasteiger partial charge in [-0.25, -0.2) is 4.39 Å². The highest BCUT2D eigenvalue weighted by molar-refractivity contribution is 14.0. The quantitative estimate of drug-likeness (QED) is 0.226. The molecular formula is C19H31FIN3O3. The van der Waals surface area contributed by atoms with Gasteiger partial charge in [0.05, 0.1) is 25.9 Å². The van der Waals surface area contributed by atoms with Crippen LogP contribution in [0.25, 0.3) is 0 Å². The van der Waals surface area contributed by atoms with Gasteiger partial charge in [-0.3, -0.25) is 4.99 Å². The van der Waals surface area contributed by atoms with Gasteiger partial charge in [0.2, 0.25) is 0 Å². The average molecular weight is 495 g/mol. The summed E-state index contributed by atoms with van der Waals surface area (Å²) in [6, 6.07) is 6.44. The molecule has 0 saturated carbocycles. The van der Waals surface area contributed by atoms with Gasteiger partial charge in [-0.15, -0.1) is 24.0 Å². The molecule has 6 nitrogen and oxygen atoms in total. The number of rotatable bonds is 10. The van der Waals surface area contributed by atoms with Crippen molar-refractivity contribution >= 4 is 29.9 Å². The number of para-hydroxylation sites is 1. The molecule has 1 aliphatic rings. The monoisotopic (exact) mass is 495 g/mol. The molecule has 1 aliphatic heterocycles. The van der Waals surface area contributed by atoms with E-state index in [9.17, 15) is 4.39 Å². The molecule has 2 unspecified atom stereocenters. The first kappa shape index (κ1) is 23.9. The zero-order valence-corrected chi connectivity index (χ0v) is 18.4. The molecule has 0 aromatic heterocycles. The molecule has 0 radical (unpaired) electrons. The molecule has 0 amide bonds. The lowest BCUT2D eigenvalue weighted by Crippen LogP contribution is -2.43. The normalized spacial score (nSPS) is 17.9. The number of halogens is 2. The fourth-order valence-corrected chi connectivity index (χ4v) is 2.65. The second-order valence-corrected chi connectivity index (χ2v) is 6.17. The number of benzene rings is 1. The highest BCUT2D eigenvalue weighted by atomic mass is 127. The Morgan fingerprint density at radius 3 is 2.85 bits per heavy atom. The van der Waals surface area contributed by atoms with Gasteiger partial charge in [0.1, 0.15) is 6.10 Å². The summed E-state index contributed by atoms with van der Waals surface area (Å²) in [5.41, 5.74) is 0. The lowest BCUT2D eigenvalue weighted by molar-refractivity contribution is 0.0191. The summed E-state index contributed by atoms with van der Waals surface area (Å²) < 4.78 is 30.6. The Morgan fingerprint density at radius 1 is 1.37 bits per heavy atom. The van der Waals surface area contributed by atoms with E-state index in [2.05, 4.69) is 15.6 Å². The van der Waals surface area contributed by atoms with Gasteiger partial charge in [-0.1, -0.05) is 19.1 Å². The Morgan fingerprint density at radius 2 is 2.19 bits per heavy atom. The number of hydrogen-bond acceptors (Lipinski definition) is 4. The molecule has 1 saturated heterocycles. The summed E-state index contributed by atoms with van der Waals surface area (Å²) in [5, 5.41) is 6.40. The van der Waals surface area contributed by atoms with E-state index in [1.54, 1.807) is 25.2 Å². The van der Waals surface area contributed by atoms with E-state index >= 15 is 0 Å². The van der Waals surface area contributed by atoms with Crippen molar-refractivity contribution in [1.29, 1.82) is 0 Å². The van der Waals surface area contributed by atoms with Crippen molar-refractivity contribution in [3.63, 3.8) is 0 Å². The van der Waals surface area contributed by atoms with Crippen molar-refractivity contribution in [3.05, 3.63) is 30.1 Å². The smallest absolute Gasteiger partial charge is 0.191 e. The van der Waals surface area contributed by atoms with E-state index in [0.717, 1.165) is 25.9 Å². The van der Waals surface area contributed by atoms with E-state index in [1.807, 2.05) is 6.92 Å². The van der Waals surface area contributed by atoms with Crippen molar-refractivity contribution in [2.45, 2.75) is 38.4 Å². The first-order valence-corrected chi connectivity index (χ1v) is 9.28. The average Bonchev–Trinajstić information content (AvgIpc) is 3.17. The highest BCUT2D eigenvalue weighted by Gasteiger charge is 2.15. The predicted octanol–water partition coefficient (Wildman–Crippen LogP) is 2.96. The Hall–Kier alpha value is -1.13. The molecule has 27 heavy (non-hydrogen) atoms. The molecular weight excluding hydrogens is 464 g/mol. The van der Waals surface area contributed by atoms with Crippen LogP contribution in [0.3, 0.4) is 0 Å². The van der Waals surface area contributed by atoms with Crippen LogP contribution in [0.2, 0.25) is 0 Å². The van der Waals surface area contributed by atoms with Gasteiger partial charge in [0.25, 0.3) is 0 Å². The molecule has 0 aliphatic carbocycles. The molecule has 154 valence electrons. The second-order valence-electron chi connectivity index (χ2n) is 6.17.